The number of hydrogen-bond acceptors (Lipinski definition) is 15. The van der Waals surface area contributed by atoms with Crippen LogP contribution >= 0.6 is 15.6 Å². The van der Waals surface area contributed by atoms with Gasteiger partial charge >= 0.3 is 39.5 Å². The van der Waals surface area contributed by atoms with Crippen molar-refractivity contribution in [1.29, 1.82) is 0 Å². The number of aliphatic hydroxyl groups is 1. The average Bonchev–Trinajstić information content (AvgIpc) is 0.915. The van der Waals surface area contributed by atoms with E-state index < -0.39 is 97.5 Å². The number of unbranched alkanes of at least 4 members (excludes halogenated alkanes) is 42. The van der Waals surface area contributed by atoms with Crippen molar-refractivity contribution < 1.29 is 80.2 Å². The Kier molecular flexibility index (Phi) is 69.6. The fourth-order valence-corrected chi connectivity index (χ4v) is 14.1. The Morgan fingerprint density at radius 1 is 0.277 bits per heavy atom. The lowest BCUT2D eigenvalue weighted by Gasteiger charge is -2.21. The van der Waals surface area contributed by atoms with Crippen LogP contribution in [-0.4, -0.2) is 96.7 Å². The highest BCUT2D eigenvalue weighted by molar-refractivity contribution is 7.47. The second-order valence-corrected chi connectivity index (χ2v) is 33.6. The Morgan fingerprint density at radius 3 is 0.703 bits per heavy atom. The summed E-state index contributed by atoms with van der Waals surface area (Å²) in [5.74, 6) is 1.05. The van der Waals surface area contributed by atoms with Crippen LogP contribution in [0.25, 0.3) is 0 Å². The molecule has 8 atom stereocenters. The molecule has 0 aromatic heterocycles. The maximum atomic E-state index is 13.1. The van der Waals surface area contributed by atoms with Gasteiger partial charge in [-0.25, -0.2) is 9.13 Å². The highest BCUT2D eigenvalue weighted by Gasteiger charge is 2.30. The first-order valence-electron chi connectivity index (χ1n) is 42.3. The predicted molar refractivity (Wildman–Crippen MR) is 414 cm³/mol. The summed E-state index contributed by atoms with van der Waals surface area (Å²) in [7, 11) is -9.92. The highest BCUT2D eigenvalue weighted by Crippen LogP contribution is 2.45. The van der Waals surface area contributed by atoms with Gasteiger partial charge in [0.15, 0.2) is 12.2 Å². The zero-order chi connectivity index (χ0) is 74.6. The third-order valence-electron chi connectivity index (χ3n) is 20.2. The molecule has 0 bridgehead atoms. The van der Waals surface area contributed by atoms with Crippen LogP contribution in [0.2, 0.25) is 0 Å². The van der Waals surface area contributed by atoms with Crippen molar-refractivity contribution in [2.45, 2.75) is 440 Å². The van der Waals surface area contributed by atoms with Crippen molar-refractivity contribution in [1.82, 2.24) is 0 Å². The molecule has 101 heavy (non-hydrogen) atoms. The molecule has 0 saturated carbocycles. The maximum absolute atomic E-state index is 13.1. The SMILES string of the molecule is CCC(C)CCCCCCCCCCCCCCCCC(=O)O[C@H](COC(=O)CCCCCCCCCCCCCCCCCCCCC(C)C)COP(=O)(O)OC[C@@H](O)COP(=O)(O)OC[C@@H](COC(=O)CCCCCCCCC(C)CC)OC(=O)CCCCCCCCCCC(C)CC. The molecule has 0 saturated heterocycles. The molecule has 3 N–H and O–H groups in total. The fraction of sp³-hybridized carbons (Fsp3) is 0.951. The van der Waals surface area contributed by atoms with Crippen LogP contribution in [0.1, 0.15) is 421 Å². The topological polar surface area (TPSA) is 237 Å². The first kappa shape index (κ1) is 99.1. The number of hydrogen-bond donors (Lipinski definition) is 3. The molecule has 0 rings (SSSR count). The normalized spacial score (nSPS) is 14.8. The zero-order valence-electron chi connectivity index (χ0n) is 66.5. The number of phosphoric ester groups is 2. The van der Waals surface area contributed by atoms with Gasteiger partial charge in [-0.15, -0.1) is 0 Å². The summed E-state index contributed by atoms with van der Waals surface area (Å²) in [5.41, 5.74) is 0. The number of carbonyl (C=O) groups is 4. The molecule has 0 fully saturated rings. The molecule has 5 unspecified atom stereocenters. The van der Waals surface area contributed by atoms with Crippen molar-refractivity contribution >= 4 is 39.5 Å². The standard InChI is InChI=1S/C82H160O17P2/c1-9-73(6)59-51-43-35-29-25-21-18-19-23-27-31-38-48-56-64-81(86)98-77(68-92-79(84)62-54-46-37-30-26-22-17-15-13-12-14-16-20-24-28-34-42-50-58-72(4)5)70-96-100(88,89)94-66-76(83)67-95-101(90,91)97-71-78(69-93-80(85)63-55-47-41-40-45-53-61-75(8)11-3)99-82(87)65-57-49-39-33-32-36-44-52-60-74(7)10-2/h72-78,83H,9-71H2,1-8H3,(H,88,89)(H,90,91)/t73?,74?,75?,76-,77-,78-/m1/s1. The number of esters is 4. The molecular weight excluding hydrogens is 1320 g/mol. The lowest BCUT2D eigenvalue weighted by Crippen LogP contribution is -2.30. The second kappa shape index (κ2) is 71.0. The van der Waals surface area contributed by atoms with Gasteiger partial charge in [0.1, 0.15) is 19.3 Å². The summed E-state index contributed by atoms with van der Waals surface area (Å²) in [6, 6.07) is 0. The Hall–Kier alpha value is -1.94. The third-order valence-corrected chi connectivity index (χ3v) is 22.1. The third kappa shape index (κ3) is 72.1. The highest BCUT2D eigenvalue weighted by atomic mass is 31.2. The predicted octanol–water partition coefficient (Wildman–Crippen LogP) is 24.4. The lowest BCUT2D eigenvalue weighted by molar-refractivity contribution is -0.161. The van der Waals surface area contributed by atoms with Gasteiger partial charge in [-0.3, -0.25) is 37.3 Å². The summed E-state index contributed by atoms with van der Waals surface area (Å²) in [5, 5.41) is 10.6. The van der Waals surface area contributed by atoms with Crippen molar-refractivity contribution in [3.63, 3.8) is 0 Å². The van der Waals surface area contributed by atoms with Gasteiger partial charge in [0.25, 0.3) is 0 Å². The van der Waals surface area contributed by atoms with Crippen molar-refractivity contribution in [3.05, 3.63) is 0 Å². The second-order valence-electron chi connectivity index (χ2n) is 30.7. The molecule has 0 aliphatic rings. The Bertz CT molecular complexity index is 1980. The van der Waals surface area contributed by atoms with E-state index in [1.165, 1.54) is 218 Å². The van der Waals surface area contributed by atoms with Crippen LogP contribution in [0.3, 0.4) is 0 Å². The number of carbonyl (C=O) groups excluding carboxylic acids is 4. The van der Waals surface area contributed by atoms with Crippen LogP contribution in [0.5, 0.6) is 0 Å². The van der Waals surface area contributed by atoms with Gasteiger partial charge in [-0.2, -0.15) is 0 Å². The van der Waals surface area contributed by atoms with Gasteiger partial charge in [0.05, 0.1) is 26.4 Å². The monoisotopic (exact) mass is 1480 g/mol. The van der Waals surface area contributed by atoms with E-state index in [0.717, 1.165) is 120 Å². The number of rotatable bonds is 79. The van der Waals surface area contributed by atoms with E-state index in [9.17, 15) is 43.2 Å². The summed E-state index contributed by atoms with van der Waals surface area (Å²) in [6.07, 6.45) is 58.3. The Labute approximate surface area is 619 Å². The molecule has 0 aliphatic heterocycles. The van der Waals surface area contributed by atoms with E-state index >= 15 is 0 Å². The minimum Gasteiger partial charge on any atom is -0.462 e. The van der Waals surface area contributed by atoms with E-state index in [0.29, 0.717) is 25.7 Å². The van der Waals surface area contributed by atoms with Gasteiger partial charge < -0.3 is 33.8 Å². The minimum absolute atomic E-state index is 0.104. The molecule has 0 heterocycles. The summed E-state index contributed by atoms with van der Waals surface area (Å²) < 4.78 is 68.7. The number of phosphoric acid groups is 2. The lowest BCUT2D eigenvalue weighted by atomic mass is 9.99. The molecule has 600 valence electrons. The van der Waals surface area contributed by atoms with Gasteiger partial charge in [0, 0.05) is 25.7 Å². The van der Waals surface area contributed by atoms with Crippen LogP contribution < -0.4 is 0 Å². The first-order valence-corrected chi connectivity index (χ1v) is 45.3. The Morgan fingerprint density at radius 2 is 0.475 bits per heavy atom. The summed E-state index contributed by atoms with van der Waals surface area (Å²) >= 11 is 0. The van der Waals surface area contributed by atoms with E-state index in [1.807, 2.05) is 0 Å². The molecule has 0 spiro atoms. The largest absolute Gasteiger partial charge is 0.472 e. The van der Waals surface area contributed by atoms with Gasteiger partial charge in [-0.05, 0) is 49.4 Å². The first-order chi connectivity index (χ1) is 48.7. The fourth-order valence-electron chi connectivity index (χ4n) is 12.5. The van der Waals surface area contributed by atoms with Crippen LogP contribution in [0.4, 0.5) is 0 Å². The Balaban J connectivity index is 5.22. The van der Waals surface area contributed by atoms with Crippen molar-refractivity contribution in [3.8, 4) is 0 Å². The number of ether oxygens (including phenoxy) is 4. The maximum Gasteiger partial charge on any atom is 0.472 e. The van der Waals surface area contributed by atoms with Crippen molar-refractivity contribution in [2.24, 2.45) is 23.7 Å². The van der Waals surface area contributed by atoms with E-state index in [1.54, 1.807) is 0 Å². The molecule has 0 aliphatic carbocycles. The van der Waals surface area contributed by atoms with Crippen LogP contribution in [-0.2, 0) is 65.4 Å². The minimum atomic E-state index is -4.96. The number of aliphatic hydroxyl groups excluding tert-OH is 1. The molecule has 19 heteroatoms. The van der Waals surface area contributed by atoms with Crippen LogP contribution in [0.15, 0.2) is 0 Å². The van der Waals surface area contributed by atoms with E-state index in [-0.39, 0.29) is 25.7 Å². The molecule has 17 nitrogen and oxygen atoms in total. The van der Waals surface area contributed by atoms with E-state index in [2.05, 4.69) is 55.4 Å². The quantitative estimate of drug-likeness (QED) is 0.0222. The molecule has 0 amide bonds. The van der Waals surface area contributed by atoms with Crippen LogP contribution in [0, 0.1) is 23.7 Å². The molecule has 0 aromatic rings. The molecule has 0 aromatic carbocycles. The van der Waals surface area contributed by atoms with Crippen molar-refractivity contribution in [2.75, 3.05) is 39.6 Å². The molecule has 0 radical (unpaired) electrons. The molecular formula is C82H160O17P2. The average molecular weight is 1480 g/mol. The zero-order valence-corrected chi connectivity index (χ0v) is 68.3. The van der Waals surface area contributed by atoms with Gasteiger partial charge in [-0.1, -0.05) is 370 Å². The summed E-state index contributed by atoms with van der Waals surface area (Å²) in [4.78, 5) is 73.0. The van der Waals surface area contributed by atoms with Gasteiger partial charge in [0.2, 0.25) is 0 Å². The summed E-state index contributed by atoms with van der Waals surface area (Å²) in [6.45, 7) is 14.3. The smallest absolute Gasteiger partial charge is 0.462 e. The van der Waals surface area contributed by atoms with E-state index in [4.69, 9.17) is 37.0 Å².